The van der Waals surface area contributed by atoms with Gasteiger partial charge in [0.1, 0.15) is 17.3 Å². The lowest BCUT2D eigenvalue weighted by Gasteiger charge is -2.34. The molecule has 5 rings (SSSR count). The number of nitriles is 1. The van der Waals surface area contributed by atoms with E-state index >= 15 is 0 Å². The molecule has 0 aliphatic carbocycles. The molecule has 0 spiro atoms. The number of morpholine rings is 1. The highest BCUT2D eigenvalue weighted by Crippen LogP contribution is 2.31. The summed E-state index contributed by atoms with van der Waals surface area (Å²) < 4.78 is 35.9. The lowest BCUT2D eigenvalue weighted by molar-refractivity contribution is -0.130. The SMILES string of the molecule is CC1CC(C)CN(S(=O)(=O)c2cccc(-c3nn(-c4ccccc4)cc3/C=C(/C#N)C(=O)N3CCOCC3)c2)C1. The van der Waals surface area contributed by atoms with Crippen molar-refractivity contribution < 1.29 is 17.9 Å². The van der Waals surface area contributed by atoms with Crippen LogP contribution >= 0.6 is 0 Å². The van der Waals surface area contributed by atoms with Crippen LogP contribution in [0.4, 0.5) is 0 Å². The number of amides is 1. The van der Waals surface area contributed by atoms with Gasteiger partial charge >= 0.3 is 0 Å². The number of ether oxygens (including phenoxy) is 1. The zero-order chi connectivity index (χ0) is 28.3. The summed E-state index contributed by atoms with van der Waals surface area (Å²) in [5, 5.41) is 14.7. The first-order valence-electron chi connectivity index (χ1n) is 13.5. The van der Waals surface area contributed by atoms with Gasteiger partial charge in [-0.15, -0.1) is 0 Å². The van der Waals surface area contributed by atoms with Gasteiger partial charge in [0.25, 0.3) is 5.91 Å². The molecule has 0 saturated carbocycles. The van der Waals surface area contributed by atoms with Crippen molar-refractivity contribution in [2.45, 2.75) is 25.2 Å². The van der Waals surface area contributed by atoms with Crippen LogP contribution in [0.1, 0.15) is 25.8 Å². The summed E-state index contributed by atoms with van der Waals surface area (Å²) in [5.41, 5.74) is 2.37. The Kier molecular flexibility index (Phi) is 8.17. The third kappa shape index (κ3) is 5.87. The highest BCUT2D eigenvalue weighted by Gasteiger charge is 2.32. The van der Waals surface area contributed by atoms with Crippen molar-refractivity contribution in [3.63, 3.8) is 0 Å². The van der Waals surface area contributed by atoms with Crippen LogP contribution in [0.15, 0.2) is 71.3 Å². The Bertz CT molecular complexity index is 1540. The third-order valence-electron chi connectivity index (χ3n) is 7.29. The molecule has 2 aliphatic heterocycles. The maximum absolute atomic E-state index is 13.6. The van der Waals surface area contributed by atoms with E-state index in [2.05, 4.69) is 19.9 Å². The summed E-state index contributed by atoms with van der Waals surface area (Å²) in [6, 6.07) is 18.3. The molecular weight excluding hydrogens is 526 g/mol. The van der Waals surface area contributed by atoms with Gasteiger partial charge in [-0.3, -0.25) is 4.79 Å². The Hall–Kier alpha value is -3.78. The standard InChI is InChI=1S/C30H33N5O4S/c1-22-15-23(2)20-34(19-22)40(37,38)28-10-6-7-24(17-28)29-26(21-35(32-29)27-8-4-3-5-9-27)16-25(18-31)30(36)33-11-13-39-14-12-33/h3-10,16-17,21-23H,11-15,19-20H2,1-2H3/b25-16-. The molecule has 0 bridgehead atoms. The molecule has 0 N–H and O–H groups in total. The first kappa shape index (κ1) is 27.8. The van der Waals surface area contributed by atoms with Crippen LogP contribution in [0.25, 0.3) is 23.0 Å². The summed E-state index contributed by atoms with van der Waals surface area (Å²) in [7, 11) is -3.71. The quantitative estimate of drug-likeness (QED) is 0.334. The maximum atomic E-state index is 13.6. The number of carbonyl (C=O) groups excluding carboxylic acids is 1. The molecule has 1 amide bonds. The van der Waals surface area contributed by atoms with Crippen molar-refractivity contribution in [3.05, 3.63) is 71.9 Å². The van der Waals surface area contributed by atoms with Crippen LogP contribution in [-0.2, 0) is 19.6 Å². The molecule has 0 radical (unpaired) electrons. The average Bonchev–Trinajstić information content (AvgIpc) is 3.40. The smallest absolute Gasteiger partial charge is 0.264 e. The molecule has 3 aromatic rings. The van der Waals surface area contributed by atoms with E-state index in [0.717, 1.165) is 12.1 Å². The van der Waals surface area contributed by atoms with Gasteiger partial charge in [0.2, 0.25) is 10.0 Å². The van der Waals surface area contributed by atoms with Gasteiger partial charge < -0.3 is 9.64 Å². The van der Waals surface area contributed by atoms with E-state index in [9.17, 15) is 18.5 Å². The van der Waals surface area contributed by atoms with Crippen molar-refractivity contribution in [1.29, 1.82) is 5.26 Å². The molecule has 2 unspecified atom stereocenters. The number of nitrogens with zero attached hydrogens (tertiary/aromatic N) is 5. The first-order chi connectivity index (χ1) is 19.3. The summed E-state index contributed by atoms with van der Waals surface area (Å²) >= 11 is 0. The second-order valence-electron chi connectivity index (χ2n) is 10.6. The third-order valence-corrected chi connectivity index (χ3v) is 9.12. The van der Waals surface area contributed by atoms with Crippen LogP contribution in [-0.4, -0.2) is 72.7 Å². The van der Waals surface area contributed by atoms with Crippen molar-refractivity contribution in [1.82, 2.24) is 19.0 Å². The monoisotopic (exact) mass is 559 g/mol. The topological polar surface area (TPSA) is 109 Å². The molecule has 1 aromatic heterocycles. The number of aromatic nitrogens is 2. The van der Waals surface area contributed by atoms with Gasteiger partial charge in [-0.1, -0.05) is 44.2 Å². The first-order valence-corrected chi connectivity index (χ1v) is 14.9. The van der Waals surface area contributed by atoms with E-state index in [0.29, 0.717) is 56.2 Å². The summed E-state index contributed by atoms with van der Waals surface area (Å²) in [6.07, 6.45) is 4.29. The predicted molar refractivity (Wildman–Crippen MR) is 152 cm³/mol. The van der Waals surface area contributed by atoms with Gasteiger partial charge in [-0.05, 0) is 48.6 Å². The van der Waals surface area contributed by atoms with Crippen LogP contribution < -0.4 is 0 Å². The molecule has 3 heterocycles. The average molecular weight is 560 g/mol. The maximum Gasteiger partial charge on any atom is 0.264 e. The fourth-order valence-electron chi connectivity index (χ4n) is 5.42. The second-order valence-corrected chi connectivity index (χ2v) is 12.5. The minimum absolute atomic E-state index is 0.0178. The van der Waals surface area contributed by atoms with Gasteiger partial charge in [0.05, 0.1) is 23.8 Å². The molecule has 2 saturated heterocycles. The van der Waals surface area contributed by atoms with E-state index in [-0.39, 0.29) is 28.2 Å². The summed E-state index contributed by atoms with van der Waals surface area (Å²) in [5.74, 6) is 0.204. The zero-order valence-electron chi connectivity index (χ0n) is 22.7. The molecule has 2 fully saturated rings. The minimum Gasteiger partial charge on any atom is -0.378 e. The van der Waals surface area contributed by atoms with Gasteiger partial charge in [0, 0.05) is 43.5 Å². The Morgan fingerprint density at radius 2 is 1.75 bits per heavy atom. The molecule has 9 nitrogen and oxygen atoms in total. The fourth-order valence-corrected chi connectivity index (χ4v) is 7.15. The number of hydrogen-bond acceptors (Lipinski definition) is 6. The van der Waals surface area contributed by atoms with Crippen molar-refractivity contribution >= 4 is 22.0 Å². The van der Waals surface area contributed by atoms with Gasteiger partial charge in [-0.25, -0.2) is 13.1 Å². The highest BCUT2D eigenvalue weighted by molar-refractivity contribution is 7.89. The summed E-state index contributed by atoms with van der Waals surface area (Å²) in [4.78, 5) is 14.9. The molecule has 2 aliphatic rings. The van der Waals surface area contributed by atoms with Gasteiger partial charge in [-0.2, -0.15) is 14.7 Å². The molecule has 2 atom stereocenters. The van der Waals surface area contributed by atoms with E-state index in [4.69, 9.17) is 9.84 Å². The Morgan fingerprint density at radius 3 is 2.42 bits per heavy atom. The van der Waals surface area contributed by atoms with E-state index in [1.165, 1.54) is 6.08 Å². The number of sulfonamides is 1. The number of piperidine rings is 1. The number of hydrogen-bond donors (Lipinski definition) is 0. The van der Waals surface area contributed by atoms with Crippen LogP contribution in [0.3, 0.4) is 0 Å². The minimum atomic E-state index is -3.71. The van der Waals surface area contributed by atoms with Crippen LogP contribution in [0.2, 0.25) is 0 Å². The Morgan fingerprint density at radius 1 is 1.05 bits per heavy atom. The van der Waals surface area contributed by atoms with E-state index < -0.39 is 10.0 Å². The molecule has 2 aromatic carbocycles. The summed E-state index contributed by atoms with van der Waals surface area (Å²) in [6.45, 7) is 6.83. The lowest BCUT2D eigenvalue weighted by Crippen LogP contribution is -2.42. The Balaban J connectivity index is 1.57. The normalized spacial score (nSPS) is 20.7. The molecule has 10 heteroatoms. The zero-order valence-corrected chi connectivity index (χ0v) is 23.5. The van der Waals surface area contributed by atoms with E-state index in [1.807, 2.05) is 30.3 Å². The number of benzene rings is 2. The molecular formula is C30H33N5O4S. The Labute approximate surface area is 235 Å². The van der Waals surface area contributed by atoms with Gasteiger partial charge in [0.15, 0.2) is 0 Å². The fraction of sp³-hybridized carbons (Fsp3) is 0.367. The second kappa shape index (κ2) is 11.8. The number of rotatable bonds is 6. The molecule has 40 heavy (non-hydrogen) atoms. The van der Waals surface area contributed by atoms with Crippen LogP contribution in [0, 0.1) is 23.2 Å². The lowest BCUT2D eigenvalue weighted by atomic mass is 9.94. The van der Waals surface area contributed by atoms with E-state index in [1.54, 1.807) is 44.3 Å². The number of carbonyl (C=O) groups is 1. The largest absolute Gasteiger partial charge is 0.378 e. The van der Waals surface area contributed by atoms with Crippen molar-refractivity contribution in [2.75, 3.05) is 39.4 Å². The predicted octanol–water partition coefficient (Wildman–Crippen LogP) is 3.97. The van der Waals surface area contributed by atoms with Crippen LogP contribution in [0.5, 0.6) is 0 Å². The number of para-hydroxylation sites is 1. The highest BCUT2D eigenvalue weighted by atomic mass is 32.2. The van der Waals surface area contributed by atoms with Crippen molar-refractivity contribution in [2.24, 2.45) is 11.8 Å². The van der Waals surface area contributed by atoms with Crippen molar-refractivity contribution in [3.8, 4) is 23.0 Å². The molecule has 208 valence electrons.